The van der Waals surface area contributed by atoms with Crippen LogP contribution in [0.15, 0.2) is 18.2 Å². The molecule has 0 aliphatic carbocycles. The summed E-state index contributed by atoms with van der Waals surface area (Å²) in [6, 6.07) is 4.13. The number of imide groups is 1. The highest BCUT2D eigenvalue weighted by Crippen LogP contribution is 2.28. The average Bonchev–Trinajstić information content (AvgIpc) is 2.97. The lowest BCUT2D eigenvalue weighted by atomic mass is 9.99. The van der Waals surface area contributed by atoms with Crippen LogP contribution in [0.25, 0.3) is 0 Å². The first-order chi connectivity index (χ1) is 9.91. The monoisotopic (exact) mass is 308 g/mol. The number of benzene rings is 1. The summed E-state index contributed by atoms with van der Waals surface area (Å²) in [5, 5.41) is 5.09. The first-order valence-corrected chi connectivity index (χ1v) is 6.77. The van der Waals surface area contributed by atoms with E-state index in [0.29, 0.717) is 29.2 Å². The number of nitrogens with two attached hydrogens (primary N) is 1. The van der Waals surface area contributed by atoms with Crippen LogP contribution in [0.1, 0.15) is 16.8 Å². The molecule has 0 saturated carbocycles. The van der Waals surface area contributed by atoms with E-state index in [-0.39, 0.29) is 12.5 Å². The van der Waals surface area contributed by atoms with E-state index >= 15 is 0 Å². The number of nitrogen functional groups attached to an aromatic ring is 1. The van der Waals surface area contributed by atoms with Crippen LogP contribution >= 0.6 is 11.6 Å². The molecule has 1 unspecified atom stereocenters. The second kappa shape index (κ2) is 4.63. The minimum atomic E-state index is -1.03. The van der Waals surface area contributed by atoms with Gasteiger partial charge in [-0.15, -0.1) is 0 Å². The van der Waals surface area contributed by atoms with Gasteiger partial charge in [-0.1, -0.05) is 11.6 Å². The molecule has 2 aliphatic heterocycles. The van der Waals surface area contributed by atoms with E-state index in [9.17, 15) is 14.4 Å². The van der Waals surface area contributed by atoms with Crippen LogP contribution in [-0.2, 0) is 4.79 Å². The number of hydrogen-bond acceptors (Lipinski definition) is 4. The van der Waals surface area contributed by atoms with E-state index in [1.807, 2.05) is 0 Å². The maximum absolute atomic E-state index is 12.5. The third-order valence-electron chi connectivity index (χ3n) is 3.79. The highest BCUT2D eigenvalue weighted by Gasteiger charge is 2.51. The van der Waals surface area contributed by atoms with Crippen LogP contribution in [0.3, 0.4) is 0 Å². The topological polar surface area (TPSA) is 105 Å². The molecule has 2 heterocycles. The molecule has 110 valence electrons. The lowest BCUT2D eigenvalue weighted by molar-refractivity contribution is -0.123. The average molecular weight is 309 g/mol. The van der Waals surface area contributed by atoms with Crippen molar-refractivity contribution in [1.29, 1.82) is 0 Å². The lowest BCUT2D eigenvalue weighted by Gasteiger charge is -2.21. The number of amides is 4. The number of nitrogens with zero attached hydrogens (tertiary/aromatic N) is 1. The summed E-state index contributed by atoms with van der Waals surface area (Å²) < 4.78 is 0. The van der Waals surface area contributed by atoms with Gasteiger partial charge in [-0.2, -0.15) is 0 Å². The fourth-order valence-corrected chi connectivity index (χ4v) is 2.87. The Morgan fingerprint density at radius 3 is 2.81 bits per heavy atom. The molecule has 0 aromatic heterocycles. The molecule has 4 N–H and O–H groups in total. The minimum absolute atomic E-state index is 0.120. The predicted molar refractivity (Wildman–Crippen MR) is 75.8 cm³/mol. The first kappa shape index (κ1) is 13.7. The molecule has 1 aromatic rings. The molecule has 2 fully saturated rings. The van der Waals surface area contributed by atoms with Gasteiger partial charge in [0.15, 0.2) is 0 Å². The van der Waals surface area contributed by atoms with Crippen molar-refractivity contribution in [2.45, 2.75) is 12.0 Å². The zero-order valence-corrected chi connectivity index (χ0v) is 11.7. The number of carbonyl (C=O) groups is 3. The molecular formula is C13H13ClN4O3. The Labute approximate surface area is 125 Å². The second-order valence-corrected chi connectivity index (χ2v) is 5.61. The summed E-state index contributed by atoms with van der Waals surface area (Å²) in [6.07, 6.45) is 0.371. The number of carbonyl (C=O) groups excluding carboxylic acids is 3. The maximum Gasteiger partial charge on any atom is 0.322 e. The van der Waals surface area contributed by atoms with Crippen molar-refractivity contribution in [2.75, 3.05) is 18.8 Å². The molecule has 4 amide bonds. The van der Waals surface area contributed by atoms with Gasteiger partial charge in [0.2, 0.25) is 0 Å². The van der Waals surface area contributed by atoms with E-state index in [4.69, 9.17) is 17.3 Å². The summed E-state index contributed by atoms with van der Waals surface area (Å²) >= 11 is 6.02. The Kier molecular flexibility index (Phi) is 3.02. The van der Waals surface area contributed by atoms with Crippen molar-refractivity contribution in [3.63, 3.8) is 0 Å². The van der Waals surface area contributed by atoms with Crippen LogP contribution in [0.5, 0.6) is 0 Å². The van der Waals surface area contributed by atoms with Crippen molar-refractivity contribution < 1.29 is 14.4 Å². The molecule has 2 aliphatic rings. The summed E-state index contributed by atoms with van der Waals surface area (Å²) in [5.74, 6) is -0.709. The number of halogens is 1. The quantitative estimate of drug-likeness (QED) is 0.514. The van der Waals surface area contributed by atoms with Crippen LogP contribution in [-0.4, -0.2) is 41.4 Å². The first-order valence-electron chi connectivity index (χ1n) is 6.39. The molecule has 2 saturated heterocycles. The summed E-state index contributed by atoms with van der Waals surface area (Å²) in [7, 11) is 0. The summed E-state index contributed by atoms with van der Waals surface area (Å²) in [4.78, 5) is 37.1. The Balaban J connectivity index is 1.83. The van der Waals surface area contributed by atoms with Gasteiger partial charge in [-0.25, -0.2) is 4.79 Å². The van der Waals surface area contributed by atoms with E-state index in [1.54, 1.807) is 12.1 Å². The molecule has 1 spiro atoms. The van der Waals surface area contributed by atoms with Crippen LogP contribution in [0, 0.1) is 0 Å². The molecule has 3 rings (SSSR count). The van der Waals surface area contributed by atoms with Gasteiger partial charge in [-0.3, -0.25) is 14.9 Å². The third kappa shape index (κ3) is 2.19. The Morgan fingerprint density at radius 2 is 2.14 bits per heavy atom. The number of hydrogen-bond donors (Lipinski definition) is 3. The normalized spacial score (nSPS) is 24.3. The van der Waals surface area contributed by atoms with Gasteiger partial charge in [0.25, 0.3) is 11.8 Å². The smallest absolute Gasteiger partial charge is 0.322 e. The number of rotatable bonds is 1. The Morgan fingerprint density at radius 1 is 1.38 bits per heavy atom. The molecule has 7 nitrogen and oxygen atoms in total. The van der Waals surface area contributed by atoms with Gasteiger partial charge in [-0.05, 0) is 24.6 Å². The van der Waals surface area contributed by atoms with Gasteiger partial charge in [0.1, 0.15) is 5.54 Å². The van der Waals surface area contributed by atoms with Crippen LogP contribution in [0.2, 0.25) is 5.02 Å². The zero-order chi connectivity index (χ0) is 15.2. The Bertz CT molecular complexity index is 663. The second-order valence-electron chi connectivity index (χ2n) is 5.21. The molecule has 0 radical (unpaired) electrons. The number of likely N-dealkylation sites (tertiary alicyclic amines) is 1. The lowest BCUT2D eigenvalue weighted by Crippen LogP contribution is -2.49. The zero-order valence-electron chi connectivity index (χ0n) is 11.0. The van der Waals surface area contributed by atoms with Crippen molar-refractivity contribution in [3.8, 4) is 0 Å². The molecule has 8 heteroatoms. The fourth-order valence-electron chi connectivity index (χ4n) is 2.68. The van der Waals surface area contributed by atoms with Crippen LogP contribution < -0.4 is 16.4 Å². The van der Waals surface area contributed by atoms with E-state index < -0.39 is 17.5 Å². The molecule has 1 aromatic carbocycles. The van der Waals surface area contributed by atoms with E-state index in [0.717, 1.165) is 0 Å². The Hall–Kier alpha value is -2.28. The molecule has 1 atom stereocenters. The highest BCUT2D eigenvalue weighted by molar-refractivity contribution is 6.34. The molecular weight excluding hydrogens is 296 g/mol. The van der Waals surface area contributed by atoms with Crippen molar-refractivity contribution in [1.82, 2.24) is 15.5 Å². The summed E-state index contributed by atoms with van der Waals surface area (Å²) in [6.45, 7) is 0.478. The standard InChI is InChI=1S/C13H13ClN4O3/c14-9-2-1-7(15)5-8(9)10(19)18-4-3-13(6-18)11(20)16-12(21)17-13/h1-2,5H,3-4,6,15H2,(H2,16,17,20,21). The number of nitrogens with one attached hydrogen (secondary N) is 2. The minimum Gasteiger partial charge on any atom is -0.399 e. The van der Waals surface area contributed by atoms with Crippen LogP contribution in [0.4, 0.5) is 10.5 Å². The van der Waals surface area contributed by atoms with Gasteiger partial charge >= 0.3 is 6.03 Å². The van der Waals surface area contributed by atoms with Gasteiger partial charge in [0.05, 0.1) is 17.1 Å². The largest absolute Gasteiger partial charge is 0.399 e. The number of anilines is 1. The maximum atomic E-state index is 12.5. The molecule has 0 bridgehead atoms. The molecule has 21 heavy (non-hydrogen) atoms. The van der Waals surface area contributed by atoms with Crippen molar-refractivity contribution in [2.24, 2.45) is 0 Å². The van der Waals surface area contributed by atoms with Crippen molar-refractivity contribution in [3.05, 3.63) is 28.8 Å². The van der Waals surface area contributed by atoms with Gasteiger partial charge in [0, 0.05) is 12.2 Å². The summed E-state index contributed by atoms with van der Waals surface area (Å²) in [5.41, 5.74) is 5.37. The SMILES string of the molecule is Nc1ccc(Cl)c(C(=O)N2CCC3(C2)NC(=O)NC3=O)c1. The van der Waals surface area contributed by atoms with Crippen molar-refractivity contribution >= 4 is 35.1 Å². The fraction of sp³-hybridized carbons (Fsp3) is 0.308. The van der Waals surface area contributed by atoms with E-state index in [1.165, 1.54) is 11.0 Å². The van der Waals surface area contributed by atoms with Gasteiger partial charge < -0.3 is 16.0 Å². The van der Waals surface area contributed by atoms with E-state index in [2.05, 4.69) is 10.6 Å². The predicted octanol–water partition coefficient (Wildman–Crippen LogP) is 0.346. The number of urea groups is 1. The highest BCUT2D eigenvalue weighted by atomic mass is 35.5. The third-order valence-corrected chi connectivity index (χ3v) is 4.12.